The Kier molecular flexibility index (Phi) is 4.38. The van der Waals surface area contributed by atoms with Crippen LogP contribution in [0.1, 0.15) is 27.0 Å². The number of aromatic hydroxyl groups is 1. The first kappa shape index (κ1) is 14.1. The molecule has 0 spiro atoms. The van der Waals surface area contributed by atoms with Crippen molar-refractivity contribution in [1.82, 2.24) is 5.32 Å². The number of hydrogen-bond donors (Lipinski definition) is 3. The van der Waals surface area contributed by atoms with Crippen LogP contribution in [0.25, 0.3) is 0 Å². The Morgan fingerprint density at radius 3 is 2.40 bits per heavy atom. The molecule has 2 rings (SSSR count). The van der Waals surface area contributed by atoms with Crippen molar-refractivity contribution >= 4 is 5.91 Å². The summed E-state index contributed by atoms with van der Waals surface area (Å²) in [6.07, 6.45) is 0. The molecule has 0 aromatic heterocycles. The number of nitrogens with one attached hydrogen (secondary N) is 1. The van der Waals surface area contributed by atoms with Gasteiger partial charge in [0.1, 0.15) is 5.75 Å². The lowest BCUT2D eigenvalue weighted by atomic mass is 10.1. The maximum atomic E-state index is 12.1. The molecule has 104 valence electrons. The topological polar surface area (TPSA) is 75.3 Å². The quantitative estimate of drug-likeness (QED) is 0.796. The number of phenols is 1. The van der Waals surface area contributed by atoms with Crippen LogP contribution in [0, 0.1) is 6.92 Å². The first-order chi connectivity index (χ1) is 9.60. The zero-order valence-corrected chi connectivity index (χ0v) is 11.4. The van der Waals surface area contributed by atoms with E-state index in [0.717, 1.165) is 16.7 Å². The smallest absolute Gasteiger partial charge is 0.251 e. The van der Waals surface area contributed by atoms with E-state index in [2.05, 4.69) is 5.32 Å². The molecule has 0 bridgehead atoms. The lowest BCUT2D eigenvalue weighted by molar-refractivity contribution is 0.0950. The summed E-state index contributed by atoms with van der Waals surface area (Å²) < 4.78 is 0. The third kappa shape index (κ3) is 3.36. The molecule has 0 heterocycles. The molecule has 0 aliphatic heterocycles. The molecule has 0 aliphatic rings. The van der Waals surface area contributed by atoms with Gasteiger partial charge in [-0.1, -0.05) is 24.3 Å². The highest BCUT2D eigenvalue weighted by molar-refractivity contribution is 5.95. The van der Waals surface area contributed by atoms with Crippen molar-refractivity contribution in [1.29, 1.82) is 0 Å². The van der Waals surface area contributed by atoms with Crippen molar-refractivity contribution < 1.29 is 9.90 Å². The molecule has 1 amide bonds. The highest BCUT2D eigenvalue weighted by Crippen LogP contribution is 2.15. The molecule has 0 radical (unpaired) electrons. The molecule has 4 nitrogen and oxygen atoms in total. The van der Waals surface area contributed by atoms with Crippen LogP contribution in [-0.4, -0.2) is 11.0 Å². The van der Waals surface area contributed by atoms with Crippen LogP contribution in [0.15, 0.2) is 42.5 Å². The van der Waals surface area contributed by atoms with Gasteiger partial charge in [-0.25, -0.2) is 0 Å². The maximum absolute atomic E-state index is 12.1. The van der Waals surface area contributed by atoms with Crippen molar-refractivity contribution in [2.24, 2.45) is 5.73 Å². The maximum Gasteiger partial charge on any atom is 0.251 e. The number of rotatable bonds is 4. The van der Waals surface area contributed by atoms with Gasteiger partial charge in [-0.2, -0.15) is 0 Å². The van der Waals surface area contributed by atoms with Gasteiger partial charge in [-0.3, -0.25) is 4.79 Å². The molecular weight excluding hydrogens is 252 g/mol. The fourth-order valence-electron chi connectivity index (χ4n) is 1.97. The highest BCUT2D eigenvalue weighted by Gasteiger charge is 2.08. The van der Waals surface area contributed by atoms with Gasteiger partial charge in [0.05, 0.1) is 0 Å². The summed E-state index contributed by atoms with van der Waals surface area (Å²) in [5.74, 6) is 0.0156. The van der Waals surface area contributed by atoms with E-state index in [1.54, 1.807) is 19.1 Å². The number of aryl methyl sites for hydroxylation is 1. The molecule has 4 N–H and O–H groups in total. The first-order valence-corrected chi connectivity index (χ1v) is 6.46. The molecular formula is C16H18N2O2. The van der Waals surface area contributed by atoms with Crippen molar-refractivity contribution in [2.45, 2.75) is 20.0 Å². The second-order valence-electron chi connectivity index (χ2n) is 4.70. The Labute approximate surface area is 118 Å². The second-order valence-corrected chi connectivity index (χ2v) is 4.70. The lowest BCUT2D eigenvalue weighted by Crippen LogP contribution is -2.23. The van der Waals surface area contributed by atoms with Gasteiger partial charge in [-0.05, 0) is 41.8 Å². The molecule has 2 aromatic carbocycles. The highest BCUT2D eigenvalue weighted by atomic mass is 16.3. The third-order valence-electron chi connectivity index (χ3n) is 3.17. The van der Waals surface area contributed by atoms with Gasteiger partial charge < -0.3 is 16.2 Å². The molecule has 0 unspecified atom stereocenters. The van der Waals surface area contributed by atoms with Gasteiger partial charge in [-0.15, -0.1) is 0 Å². The minimum Gasteiger partial charge on any atom is -0.508 e. The van der Waals surface area contributed by atoms with Gasteiger partial charge in [0.15, 0.2) is 0 Å². The first-order valence-electron chi connectivity index (χ1n) is 6.46. The summed E-state index contributed by atoms with van der Waals surface area (Å²) in [6, 6.07) is 12.5. The average Bonchev–Trinajstić information content (AvgIpc) is 2.45. The van der Waals surface area contributed by atoms with Crippen LogP contribution < -0.4 is 11.1 Å². The molecule has 0 saturated heterocycles. The summed E-state index contributed by atoms with van der Waals surface area (Å²) in [5, 5.41) is 12.2. The van der Waals surface area contributed by atoms with E-state index < -0.39 is 0 Å². The molecule has 0 aliphatic carbocycles. The Bertz CT molecular complexity index is 606. The number of carbonyl (C=O) groups is 1. The fraction of sp³-hybridized carbons (Fsp3) is 0.188. The largest absolute Gasteiger partial charge is 0.508 e. The molecule has 20 heavy (non-hydrogen) atoms. The van der Waals surface area contributed by atoms with Crippen LogP contribution >= 0.6 is 0 Å². The van der Waals surface area contributed by atoms with Gasteiger partial charge >= 0.3 is 0 Å². The minimum absolute atomic E-state index is 0.148. The molecule has 4 heteroatoms. The number of hydrogen-bond acceptors (Lipinski definition) is 3. The van der Waals surface area contributed by atoms with Gasteiger partial charge in [0.2, 0.25) is 0 Å². The van der Waals surface area contributed by atoms with Crippen molar-refractivity contribution in [3.63, 3.8) is 0 Å². The van der Waals surface area contributed by atoms with Gasteiger partial charge in [0.25, 0.3) is 5.91 Å². The van der Waals surface area contributed by atoms with E-state index >= 15 is 0 Å². The number of amides is 1. The molecule has 0 fully saturated rings. The standard InChI is InChI=1S/C16H18N2O2/c1-11-8-14(19)6-7-15(11)16(20)18-10-13-4-2-12(9-17)3-5-13/h2-8,19H,9-10,17H2,1H3,(H,18,20). The average molecular weight is 270 g/mol. The zero-order valence-electron chi connectivity index (χ0n) is 11.4. The second kappa shape index (κ2) is 6.21. The number of nitrogens with two attached hydrogens (primary N) is 1. The predicted octanol–water partition coefficient (Wildman–Crippen LogP) is 2.09. The van der Waals surface area contributed by atoms with E-state index in [4.69, 9.17) is 5.73 Å². The van der Waals surface area contributed by atoms with Gasteiger partial charge in [0, 0.05) is 18.7 Å². The molecule has 0 atom stereocenters. The molecule has 2 aromatic rings. The van der Waals surface area contributed by atoms with Crippen molar-refractivity contribution in [3.05, 3.63) is 64.7 Å². The normalized spacial score (nSPS) is 10.3. The van der Waals surface area contributed by atoms with E-state index in [1.165, 1.54) is 6.07 Å². The zero-order chi connectivity index (χ0) is 14.5. The summed E-state index contributed by atoms with van der Waals surface area (Å²) >= 11 is 0. The van der Waals surface area contributed by atoms with E-state index in [0.29, 0.717) is 18.7 Å². The number of carbonyl (C=O) groups excluding carboxylic acids is 1. The Morgan fingerprint density at radius 1 is 1.15 bits per heavy atom. The van der Waals surface area contributed by atoms with E-state index in [-0.39, 0.29) is 11.7 Å². The summed E-state index contributed by atoms with van der Waals surface area (Å²) in [6.45, 7) is 2.77. The van der Waals surface area contributed by atoms with Crippen LogP contribution in [0.4, 0.5) is 0 Å². The number of benzene rings is 2. The summed E-state index contributed by atoms with van der Waals surface area (Å²) in [5.41, 5.74) is 8.94. The molecule has 0 saturated carbocycles. The predicted molar refractivity (Wildman–Crippen MR) is 78.3 cm³/mol. The lowest BCUT2D eigenvalue weighted by Gasteiger charge is -2.08. The summed E-state index contributed by atoms with van der Waals surface area (Å²) in [7, 11) is 0. The minimum atomic E-state index is -0.148. The van der Waals surface area contributed by atoms with Crippen molar-refractivity contribution in [2.75, 3.05) is 0 Å². The Balaban J connectivity index is 2.00. The fourth-order valence-corrected chi connectivity index (χ4v) is 1.97. The van der Waals surface area contributed by atoms with Crippen molar-refractivity contribution in [3.8, 4) is 5.75 Å². The van der Waals surface area contributed by atoms with E-state index in [1.807, 2.05) is 24.3 Å². The van der Waals surface area contributed by atoms with Crippen LogP contribution in [0.2, 0.25) is 0 Å². The number of phenolic OH excluding ortho intramolecular Hbond substituents is 1. The summed E-state index contributed by atoms with van der Waals surface area (Å²) in [4.78, 5) is 12.1. The van der Waals surface area contributed by atoms with Crippen LogP contribution in [0.3, 0.4) is 0 Å². The monoisotopic (exact) mass is 270 g/mol. The van der Waals surface area contributed by atoms with Crippen LogP contribution in [-0.2, 0) is 13.1 Å². The Morgan fingerprint density at radius 2 is 1.80 bits per heavy atom. The Hall–Kier alpha value is -2.33. The van der Waals surface area contributed by atoms with E-state index in [9.17, 15) is 9.90 Å². The van der Waals surface area contributed by atoms with Crippen LogP contribution in [0.5, 0.6) is 5.75 Å². The SMILES string of the molecule is Cc1cc(O)ccc1C(=O)NCc1ccc(CN)cc1. The third-order valence-corrected chi connectivity index (χ3v) is 3.17.